The molecular formula is C25H25ClO3. The second-order valence-electron chi connectivity index (χ2n) is 7.69. The molecule has 1 N–H and O–H groups in total. The Hall–Kier alpha value is -2.78. The van der Waals surface area contributed by atoms with Gasteiger partial charge < -0.3 is 9.84 Å². The lowest BCUT2D eigenvalue weighted by Crippen LogP contribution is -2.31. The molecule has 150 valence electrons. The monoisotopic (exact) mass is 408 g/mol. The zero-order valence-corrected chi connectivity index (χ0v) is 17.7. The number of carbonyl (C=O) groups excluding carboxylic acids is 1. The first-order chi connectivity index (χ1) is 13.8. The first-order valence-corrected chi connectivity index (χ1v) is 10.0. The third-order valence-electron chi connectivity index (χ3n) is 4.88. The smallest absolute Gasteiger partial charge is 0.189 e. The molecule has 0 saturated carbocycles. The van der Waals surface area contributed by atoms with Gasteiger partial charge in [-0.1, -0.05) is 41.5 Å². The van der Waals surface area contributed by atoms with Gasteiger partial charge in [0.15, 0.2) is 5.78 Å². The Morgan fingerprint density at radius 3 is 2.59 bits per heavy atom. The number of phenols is 1. The molecule has 3 nitrogen and oxygen atoms in total. The van der Waals surface area contributed by atoms with Crippen molar-refractivity contribution in [2.24, 2.45) is 0 Å². The van der Waals surface area contributed by atoms with Crippen LogP contribution in [0.3, 0.4) is 0 Å². The Labute approximate surface area is 177 Å². The molecule has 0 aliphatic carbocycles. The minimum atomic E-state index is -0.439. The van der Waals surface area contributed by atoms with E-state index in [4.69, 9.17) is 16.3 Å². The highest BCUT2D eigenvalue weighted by Crippen LogP contribution is 2.40. The summed E-state index contributed by atoms with van der Waals surface area (Å²) < 4.78 is 6.14. The predicted molar refractivity (Wildman–Crippen MR) is 120 cm³/mol. The summed E-state index contributed by atoms with van der Waals surface area (Å²) in [6.07, 6.45) is 10.9. The second kappa shape index (κ2) is 8.71. The molecule has 0 bridgehead atoms. The van der Waals surface area contributed by atoms with Gasteiger partial charge in [0.1, 0.15) is 17.1 Å². The molecule has 0 aromatic heterocycles. The molecule has 2 aromatic rings. The molecule has 2 aromatic carbocycles. The largest absolute Gasteiger partial charge is 0.506 e. The predicted octanol–water partition coefficient (Wildman–Crippen LogP) is 6.85. The maximum Gasteiger partial charge on any atom is 0.189 e. The van der Waals surface area contributed by atoms with E-state index in [-0.39, 0.29) is 17.1 Å². The third-order valence-corrected chi connectivity index (χ3v) is 5.13. The average molecular weight is 409 g/mol. The van der Waals surface area contributed by atoms with E-state index in [0.29, 0.717) is 16.3 Å². The molecule has 1 aliphatic rings. The summed E-state index contributed by atoms with van der Waals surface area (Å²) >= 11 is 5.88. The van der Waals surface area contributed by atoms with Gasteiger partial charge in [-0.15, -0.1) is 0 Å². The molecule has 0 fully saturated rings. The van der Waals surface area contributed by atoms with E-state index in [0.717, 1.165) is 18.4 Å². The van der Waals surface area contributed by atoms with Crippen LogP contribution in [0.25, 0.3) is 12.2 Å². The van der Waals surface area contributed by atoms with Crippen LogP contribution in [0.5, 0.6) is 11.5 Å². The van der Waals surface area contributed by atoms with E-state index >= 15 is 0 Å². The minimum absolute atomic E-state index is 0.0594. The van der Waals surface area contributed by atoms with Crippen molar-refractivity contribution in [2.45, 2.75) is 39.2 Å². The maximum atomic E-state index is 12.6. The van der Waals surface area contributed by atoms with Gasteiger partial charge in [-0.2, -0.15) is 0 Å². The van der Waals surface area contributed by atoms with Crippen LogP contribution in [0.2, 0.25) is 5.02 Å². The van der Waals surface area contributed by atoms with Crippen molar-refractivity contribution in [3.05, 3.63) is 81.9 Å². The minimum Gasteiger partial charge on any atom is -0.506 e. The number of hydrogen-bond donors (Lipinski definition) is 1. The van der Waals surface area contributed by atoms with E-state index in [2.05, 4.69) is 19.9 Å². The quantitative estimate of drug-likeness (QED) is 0.323. The van der Waals surface area contributed by atoms with Crippen LogP contribution in [0, 0.1) is 0 Å². The number of aromatic hydroxyl groups is 1. The Bertz CT molecular complexity index is 995. The third kappa shape index (κ3) is 5.18. The highest BCUT2D eigenvalue weighted by Gasteiger charge is 2.29. The summed E-state index contributed by atoms with van der Waals surface area (Å²) in [5, 5.41) is 11.3. The lowest BCUT2D eigenvalue weighted by atomic mass is 9.93. The SMILES string of the molecule is CC(C)=CCCC1(C)C=Cc2c(ccc(C(=O)/C=C/c3ccc(Cl)cc3)c2O)O1. The molecule has 1 unspecified atom stereocenters. The van der Waals surface area contributed by atoms with E-state index in [1.54, 1.807) is 30.3 Å². The van der Waals surface area contributed by atoms with E-state index in [9.17, 15) is 9.90 Å². The lowest BCUT2D eigenvalue weighted by Gasteiger charge is -2.32. The summed E-state index contributed by atoms with van der Waals surface area (Å²) in [6, 6.07) is 10.5. The molecule has 0 amide bonds. The van der Waals surface area contributed by atoms with Gasteiger partial charge in [0, 0.05) is 5.02 Å². The summed E-state index contributed by atoms with van der Waals surface area (Å²) in [7, 11) is 0. The van der Waals surface area contributed by atoms with Crippen molar-refractivity contribution >= 4 is 29.5 Å². The average Bonchev–Trinajstić information content (AvgIpc) is 2.67. The number of fused-ring (bicyclic) bond motifs is 1. The Morgan fingerprint density at radius 1 is 1.17 bits per heavy atom. The van der Waals surface area contributed by atoms with Gasteiger partial charge in [0.2, 0.25) is 0 Å². The lowest BCUT2D eigenvalue weighted by molar-refractivity contribution is 0.104. The van der Waals surface area contributed by atoms with Gasteiger partial charge in [-0.25, -0.2) is 0 Å². The fourth-order valence-corrected chi connectivity index (χ4v) is 3.33. The van der Waals surface area contributed by atoms with Crippen LogP contribution < -0.4 is 4.74 Å². The molecule has 0 saturated heterocycles. The number of ketones is 1. The van der Waals surface area contributed by atoms with Crippen molar-refractivity contribution in [1.82, 2.24) is 0 Å². The van der Waals surface area contributed by atoms with Crippen LogP contribution in [0.4, 0.5) is 0 Å². The molecule has 1 heterocycles. The number of halogens is 1. The van der Waals surface area contributed by atoms with Crippen molar-refractivity contribution in [2.75, 3.05) is 0 Å². The van der Waals surface area contributed by atoms with Gasteiger partial charge >= 0.3 is 0 Å². The fraction of sp³-hybridized carbons (Fsp3) is 0.240. The molecule has 3 rings (SSSR count). The van der Waals surface area contributed by atoms with E-state index < -0.39 is 5.60 Å². The van der Waals surface area contributed by atoms with E-state index in [1.807, 2.05) is 31.2 Å². The van der Waals surface area contributed by atoms with Gasteiger partial charge in [0.25, 0.3) is 0 Å². The summed E-state index contributed by atoms with van der Waals surface area (Å²) in [6.45, 7) is 6.18. The first-order valence-electron chi connectivity index (χ1n) is 9.63. The van der Waals surface area contributed by atoms with Crippen LogP contribution in [0.1, 0.15) is 55.1 Å². The number of phenolic OH excluding ortho intramolecular Hbond substituents is 1. The van der Waals surface area contributed by atoms with Crippen LogP contribution in [-0.2, 0) is 0 Å². The van der Waals surface area contributed by atoms with Crippen LogP contribution >= 0.6 is 11.6 Å². The van der Waals surface area contributed by atoms with Gasteiger partial charge in [-0.05, 0) is 81.7 Å². The van der Waals surface area contributed by atoms with Crippen molar-refractivity contribution in [3.63, 3.8) is 0 Å². The molecule has 0 spiro atoms. The summed E-state index contributed by atoms with van der Waals surface area (Å²) in [5.41, 5.74) is 2.48. The van der Waals surface area contributed by atoms with Crippen molar-refractivity contribution in [1.29, 1.82) is 0 Å². The standard InChI is InChI=1S/C25H25ClO3/c1-17(2)5-4-15-25(3)16-14-21-23(29-25)13-11-20(24(21)28)22(27)12-8-18-6-9-19(26)10-7-18/h5-14,16,28H,4,15H2,1-3H3/b12-8+. The second-order valence-corrected chi connectivity index (χ2v) is 8.13. The van der Waals surface area contributed by atoms with Crippen molar-refractivity contribution in [3.8, 4) is 11.5 Å². The molecule has 4 heteroatoms. The zero-order chi connectivity index (χ0) is 21.0. The number of ether oxygens (including phenoxy) is 1. The zero-order valence-electron chi connectivity index (χ0n) is 16.9. The number of allylic oxidation sites excluding steroid dienone is 3. The fourth-order valence-electron chi connectivity index (χ4n) is 3.20. The molecular weight excluding hydrogens is 384 g/mol. The van der Waals surface area contributed by atoms with Crippen LogP contribution in [-0.4, -0.2) is 16.5 Å². The number of rotatable bonds is 6. The molecule has 0 radical (unpaired) electrons. The Balaban J connectivity index is 1.78. The Morgan fingerprint density at radius 2 is 1.90 bits per heavy atom. The van der Waals surface area contributed by atoms with Gasteiger partial charge in [0.05, 0.1) is 11.1 Å². The topological polar surface area (TPSA) is 46.5 Å². The summed E-state index contributed by atoms with van der Waals surface area (Å²) in [4.78, 5) is 12.6. The summed E-state index contributed by atoms with van der Waals surface area (Å²) in [5.74, 6) is 0.254. The maximum absolute atomic E-state index is 12.6. The molecule has 29 heavy (non-hydrogen) atoms. The molecule has 1 aliphatic heterocycles. The number of benzene rings is 2. The van der Waals surface area contributed by atoms with Gasteiger partial charge in [-0.3, -0.25) is 4.79 Å². The Kier molecular flexibility index (Phi) is 6.29. The number of carbonyl (C=O) groups is 1. The normalized spacial score (nSPS) is 17.7. The number of hydrogen-bond acceptors (Lipinski definition) is 3. The highest BCUT2D eigenvalue weighted by molar-refractivity contribution is 6.30. The first kappa shape index (κ1) is 20.9. The van der Waals surface area contributed by atoms with Crippen LogP contribution in [0.15, 0.2) is 60.2 Å². The van der Waals surface area contributed by atoms with Crippen molar-refractivity contribution < 1.29 is 14.6 Å². The highest BCUT2D eigenvalue weighted by atomic mass is 35.5. The molecule has 1 atom stereocenters. The van der Waals surface area contributed by atoms with E-state index in [1.165, 1.54) is 11.6 Å².